The molecular formula is C23H27N3O7S. The van der Waals surface area contributed by atoms with Crippen LogP contribution in [0.25, 0.3) is 0 Å². The topological polar surface area (TPSA) is 168 Å². The van der Waals surface area contributed by atoms with Crippen LogP contribution in [0.1, 0.15) is 18.4 Å². The van der Waals surface area contributed by atoms with Gasteiger partial charge >= 0.3 is 11.9 Å². The number of para-hydroxylation sites is 1. The van der Waals surface area contributed by atoms with E-state index in [1.807, 2.05) is 54.6 Å². The van der Waals surface area contributed by atoms with Crippen LogP contribution in [0.4, 0.5) is 0 Å². The summed E-state index contributed by atoms with van der Waals surface area (Å²) in [5.74, 6) is -1.50. The Bertz CT molecular complexity index is 970. The van der Waals surface area contributed by atoms with Gasteiger partial charge < -0.3 is 31.3 Å². The number of hydrogen-bond donors (Lipinski definition) is 5. The van der Waals surface area contributed by atoms with E-state index < -0.39 is 42.4 Å². The quantitative estimate of drug-likeness (QED) is 0.265. The predicted octanol–water partition coefficient (Wildman–Crippen LogP) is 1.59. The van der Waals surface area contributed by atoms with Gasteiger partial charge in [0.05, 0.1) is 0 Å². The Kier molecular flexibility index (Phi) is 10.9. The van der Waals surface area contributed by atoms with Crippen LogP contribution in [0.3, 0.4) is 0 Å². The van der Waals surface area contributed by atoms with Gasteiger partial charge in [-0.2, -0.15) is 11.8 Å². The molecule has 2 aromatic carbocycles. The Hall–Kier alpha value is -3.57. The normalized spacial score (nSPS) is 12.3. The van der Waals surface area contributed by atoms with Crippen LogP contribution in [-0.4, -0.2) is 58.3 Å². The van der Waals surface area contributed by atoms with Crippen LogP contribution in [0.5, 0.6) is 11.5 Å². The van der Waals surface area contributed by atoms with Gasteiger partial charge in [0.15, 0.2) is 0 Å². The van der Waals surface area contributed by atoms with E-state index in [4.69, 9.17) is 20.7 Å². The Morgan fingerprint density at radius 3 is 2.24 bits per heavy atom. The molecule has 6 N–H and O–H groups in total. The summed E-state index contributed by atoms with van der Waals surface area (Å²) in [4.78, 5) is 46.1. The number of carboxylic acids is 2. The first-order valence-corrected chi connectivity index (χ1v) is 11.6. The molecule has 182 valence electrons. The number of thioether (sulfide) groups is 1. The molecule has 0 aromatic heterocycles. The first kappa shape index (κ1) is 26.7. The van der Waals surface area contributed by atoms with Gasteiger partial charge in [-0.05, 0) is 36.2 Å². The van der Waals surface area contributed by atoms with Crippen molar-refractivity contribution in [3.8, 4) is 11.5 Å². The Morgan fingerprint density at radius 1 is 0.971 bits per heavy atom. The molecule has 2 aromatic rings. The molecule has 0 bridgehead atoms. The minimum absolute atomic E-state index is 0.0881. The summed E-state index contributed by atoms with van der Waals surface area (Å²) in [6, 6.07) is 14.6. The second-order valence-electron chi connectivity index (χ2n) is 7.29. The van der Waals surface area contributed by atoms with E-state index in [9.17, 15) is 19.2 Å². The lowest BCUT2D eigenvalue weighted by atomic mass is 10.1. The van der Waals surface area contributed by atoms with Crippen molar-refractivity contribution in [1.29, 1.82) is 0 Å². The van der Waals surface area contributed by atoms with E-state index in [0.717, 1.165) is 11.3 Å². The molecule has 0 aliphatic carbocycles. The average molecular weight is 490 g/mol. The van der Waals surface area contributed by atoms with Crippen molar-refractivity contribution in [3.63, 3.8) is 0 Å². The smallest absolute Gasteiger partial charge is 0.322 e. The van der Waals surface area contributed by atoms with Crippen molar-refractivity contribution >= 4 is 35.5 Å². The lowest BCUT2D eigenvalue weighted by Gasteiger charge is -2.18. The van der Waals surface area contributed by atoms with Crippen LogP contribution in [0.2, 0.25) is 0 Å². The van der Waals surface area contributed by atoms with E-state index in [1.165, 1.54) is 11.8 Å². The molecule has 0 saturated carbocycles. The summed E-state index contributed by atoms with van der Waals surface area (Å²) in [5, 5.41) is 22.4. The fourth-order valence-corrected chi connectivity index (χ4v) is 3.73. The van der Waals surface area contributed by atoms with Crippen molar-refractivity contribution in [2.45, 2.75) is 30.7 Å². The van der Waals surface area contributed by atoms with Gasteiger partial charge in [0, 0.05) is 17.9 Å². The SMILES string of the molecule is NC(CCC(=O)NC(CSCc1ccc(Oc2ccccc2)cc1)C(=O)NCC(=O)O)C(=O)O. The van der Waals surface area contributed by atoms with Crippen molar-refractivity contribution in [3.05, 3.63) is 60.2 Å². The number of amides is 2. The zero-order valence-electron chi connectivity index (χ0n) is 18.3. The highest BCUT2D eigenvalue weighted by molar-refractivity contribution is 7.98. The Morgan fingerprint density at radius 2 is 1.62 bits per heavy atom. The molecule has 2 amide bonds. The van der Waals surface area contributed by atoms with Gasteiger partial charge in [-0.1, -0.05) is 30.3 Å². The lowest BCUT2D eigenvalue weighted by molar-refractivity contribution is -0.139. The summed E-state index contributed by atoms with van der Waals surface area (Å²) in [5.41, 5.74) is 6.36. The summed E-state index contributed by atoms with van der Waals surface area (Å²) < 4.78 is 5.75. The molecule has 10 nitrogen and oxygen atoms in total. The Labute approximate surface area is 200 Å². The molecule has 0 heterocycles. The lowest BCUT2D eigenvalue weighted by Crippen LogP contribution is -2.49. The third-order valence-corrected chi connectivity index (χ3v) is 5.63. The fourth-order valence-electron chi connectivity index (χ4n) is 2.72. The molecule has 2 atom stereocenters. The van der Waals surface area contributed by atoms with E-state index in [2.05, 4.69) is 10.6 Å². The predicted molar refractivity (Wildman–Crippen MR) is 127 cm³/mol. The molecule has 0 radical (unpaired) electrons. The largest absolute Gasteiger partial charge is 0.480 e. The monoisotopic (exact) mass is 489 g/mol. The minimum atomic E-state index is -1.22. The fraction of sp³-hybridized carbons (Fsp3) is 0.304. The van der Waals surface area contributed by atoms with Crippen molar-refractivity contribution in [1.82, 2.24) is 10.6 Å². The second kappa shape index (κ2) is 13.9. The number of aliphatic carboxylic acids is 2. The number of rotatable bonds is 14. The molecule has 2 unspecified atom stereocenters. The van der Waals surface area contributed by atoms with Gasteiger partial charge in [0.1, 0.15) is 30.1 Å². The third kappa shape index (κ3) is 9.92. The standard InChI is InChI=1S/C23H27N3O7S/c24-18(23(31)32)10-11-20(27)26-19(22(30)25-12-21(28)29)14-34-13-15-6-8-17(9-7-15)33-16-4-2-1-3-5-16/h1-9,18-19H,10-14,24H2,(H,25,30)(H,26,27)(H,28,29)(H,31,32). The van der Waals surface area contributed by atoms with Crippen LogP contribution >= 0.6 is 11.8 Å². The first-order valence-electron chi connectivity index (χ1n) is 10.4. The molecule has 0 saturated heterocycles. The molecule has 11 heteroatoms. The van der Waals surface area contributed by atoms with E-state index in [1.54, 1.807) is 0 Å². The number of nitrogens with two attached hydrogens (primary N) is 1. The number of carbonyl (C=O) groups excluding carboxylic acids is 2. The Balaban J connectivity index is 1.88. The van der Waals surface area contributed by atoms with E-state index in [0.29, 0.717) is 11.5 Å². The number of carboxylic acid groups (broad SMARTS) is 2. The molecule has 0 aliphatic heterocycles. The molecule has 2 rings (SSSR count). The third-order valence-electron chi connectivity index (χ3n) is 4.52. The van der Waals surface area contributed by atoms with Gasteiger partial charge in [-0.15, -0.1) is 0 Å². The average Bonchev–Trinajstić information content (AvgIpc) is 2.82. The van der Waals surface area contributed by atoms with Gasteiger partial charge in [0.2, 0.25) is 11.8 Å². The summed E-state index contributed by atoms with van der Waals surface area (Å²) in [6.45, 7) is -0.581. The number of hydrogen-bond acceptors (Lipinski definition) is 7. The number of carbonyl (C=O) groups is 4. The van der Waals surface area contributed by atoms with Gasteiger partial charge in [0.25, 0.3) is 0 Å². The maximum Gasteiger partial charge on any atom is 0.322 e. The van der Waals surface area contributed by atoms with Gasteiger partial charge in [-0.3, -0.25) is 19.2 Å². The second-order valence-corrected chi connectivity index (χ2v) is 8.32. The highest BCUT2D eigenvalue weighted by atomic mass is 32.2. The van der Waals surface area contributed by atoms with Gasteiger partial charge in [-0.25, -0.2) is 0 Å². The number of nitrogens with one attached hydrogen (secondary N) is 2. The molecule has 34 heavy (non-hydrogen) atoms. The van der Waals surface area contributed by atoms with Crippen LogP contribution in [0.15, 0.2) is 54.6 Å². The highest BCUT2D eigenvalue weighted by Gasteiger charge is 2.22. The molecule has 0 fully saturated rings. The maximum atomic E-state index is 12.4. The summed E-state index contributed by atoms with van der Waals surface area (Å²) in [7, 11) is 0. The zero-order valence-corrected chi connectivity index (χ0v) is 19.1. The minimum Gasteiger partial charge on any atom is -0.480 e. The number of ether oxygens (including phenoxy) is 1. The highest BCUT2D eigenvalue weighted by Crippen LogP contribution is 2.22. The summed E-state index contributed by atoms with van der Waals surface area (Å²) in [6.07, 6.45) is -0.265. The first-order chi connectivity index (χ1) is 16.2. The molecular weight excluding hydrogens is 462 g/mol. The van der Waals surface area contributed by atoms with Crippen LogP contribution in [0, 0.1) is 0 Å². The maximum absolute atomic E-state index is 12.4. The zero-order chi connectivity index (χ0) is 24.9. The van der Waals surface area contributed by atoms with E-state index in [-0.39, 0.29) is 18.6 Å². The molecule has 0 aliphatic rings. The van der Waals surface area contributed by atoms with Crippen LogP contribution < -0.4 is 21.1 Å². The van der Waals surface area contributed by atoms with Crippen LogP contribution in [-0.2, 0) is 24.9 Å². The summed E-state index contributed by atoms with van der Waals surface area (Å²) >= 11 is 1.38. The molecule has 0 spiro atoms. The number of benzene rings is 2. The van der Waals surface area contributed by atoms with Crippen molar-refractivity contribution in [2.24, 2.45) is 5.73 Å². The van der Waals surface area contributed by atoms with Crippen molar-refractivity contribution in [2.75, 3.05) is 12.3 Å². The van der Waals surface area contributed by atoms with Crippen molar-refractivity contribution < 1.29 is 34.1 Å². The van der Waals surface area contributed by atoms with E-state index >= 15 is 0 Å².